The van der Waals surface area contributed by atoms with Gasteiger partial charge in [-0.25, -0.2) is 9.67 Å². The number of hydrogen-bond acceptors (Lipinski definition) is 7. The molecule has 1 fully saturated rings. The van der Waals surface area contributed by atoms with Gasteiger partial charge in [-0.05, 0) is 44.0 Å². The lowest BCUT2D eigenvalue weighted by molar-refractivity contribution is 0.0857. The molecule has 3 atom stereocenters. The lowest BCUT2D eigenvalue weighted by atomic mass is 9.91. The maximum absolute atomic E-state index is 12.9. The van der Waals surface area contributed by atoms with Gasteiger partial charge in [-0.2, -0.15) is 5.10 Å². The van der Waals surface area contributed by atoms with Gasteiger partial charge in [-0.1, -0.05) is 66.4 Å². The third kappa shape index (κ3) is 6.45. The van der Waals surface area contributed by atoms with E-state index in [1.807, 2.05) is 37.3 Å². The molecule has 0 bridgehead atoms. The number of carbonyl (C=O) groups excluding carboxylic acids is 1. The number of ether oxygens (including phenoxy) is 1. The summed E-state index contributed by atoms with van der Waals surface area (Å²) < 4.78 is 6.77. The van der Waals surface area contributed by atoms with E-state index in [0.717, 1.165) is 35.9 Å². The normalized spacial score (nSPS) is 17.3. The lowest BCUT2D eigenvalue weighted by Gasteiger charge is -2.31. The van der Waals surface area contributed by atoms with Gasteiger partial charge in [-0.15, -0.1) is 0 Å². The first-order valence-corrected chi connectivity index (χ1v) is 14.9. The highest BCUT2D eigenvalue weighted by atomic mass is 35.5. The van der Waals surface area contributed by atoms with Crippen LogP contribution in [0.3, 0.4) is 0 Å². The highest BCUT2D eigenvalue weighted by Crippen LogP contribution is 2.41. The predicted molar refractivity (Wildman–Crippen MR) is 169 cm³/mol. The zero-order chi connectivity index (χ0) is 30.7. The topological polar surface area (TPSA) is 118 Å². The Hall–Kier alpha value is -3.76. The van der Waals surface area contributed by atoms with Crippen LogP contribution in [0.1, 0.15) is 54.6 Å². The van der Waals surface area contributed by atoms with Gasteiger partial charge in [-0.3, -0.25) is 9.59 Å². The van der Waals surface area contributed by atoms with Gasteiger partial charge < -0.3 is 20.5 Å². The number of aryl methyl sites for hydroxylation is 1. The third-order valence-corrected chi connectivity index (χ3v) is 8.62. The summed E-state index contributed by atoms with van der Waals surface area (Å²) in [5, 5.41) is 21.2. The van der Waals surface area contributed by atoms with E-state index in [1.165, 1.54) is 19.3 Å². The smallest absolute Gasteiger partial charge is 0.279 e. The van der Waals surface area contributed by atoms with Crippen molar-refractivity contribution in [2.75, 3.05) is 12.4 Å². The van der Waals surface area contributed by atoms with Crippen molar-refractivity contribution in [3.8, 4) is 28.3 Å². The highest BCUT2D eigenvalue weighted by Gasteiger charge is 2.26. The minimum absolute atomic E-state index is 0.0274. The molecule has 9 nitrogen and oxygen atoms in total. The SMILES string of the molecule is COc1nc(-c2cccc(-c3cccc(NC(=O)c4ccnn(C)c4=O)c3Cl)c2Cl)ccc1[C@H](C)NC1CCCC[C@@H]1O. The summed E-state index contributed by atoms with van der Waals surface area (Å²) in [6, 6.07) is 15.9. The van der Waals surface area contributed by atoms with E-state index < -0.39 is 11.5 Å². The molecule has 0 spiro atoms. The molecule has 1 aliphatic carbocycles. The Balaban J connectivity index is 1.43. The number of anilines is 1. The number of hydrogen-bond donors (Lipinski definition) is 3. The van der Waals surface area contributed by atoms with Crippen LogP contribution < -0.4 is 20.9 Å². The van der Waals surface area contributed by atoms with E-state index >= 15 is 0 Å². The first-order chi connectivity index (χ1) is 20.7. The molecule has 2 heterocycles. The van der Waals surface area contributed by atoms with Crippen LogP contribution in [0, 0.1) is 0 Å². The molecule has 11 heteroatoms. The number of pyridine rings is 1. The summed E-state index contributed by atoms with van der Waals surface area (Å²) in [5.74, 6) is -0.130. The van der Waals surface area contributed by atoms with Gasteiger partial charge >= 0.3 is 0 Å². The summed E-state index contributed by atoms with van der Waals surface area (Å²) in [6.45, 7) is 2.04. The number of rotatable bonds is 8. The Bertz CT molecular complexity index is 1710. The standard InChI is InChI=1S/C32H33Cl2N5O4/c1-18(36-25-11-4-5-13-27(25)40)19-14-15-24(38-31(19)43-3)22-10-6-8-20(28(22)33)21-9-7-12-26(29(21)34)37-30(41)23-16-17-35-39(2)32(23)42/h6-10,12,14-18,25,27,36,40H,4-5,11,13H2,1-3H3,(H,37,41)/t18-,25?,27-/m0/s1. The van der Waals surface area contributed by atoms with Gasteiger partial charge in [0.2, 0.25) is 5.88 Å². The second-order valence-electron chi connectivity index (χ2n) is 10.6. The number of benzene rings is 2. The number of nitrogens with one attached hydrogen (secondary N) is 2. The molecular weight excluding hydrogens is 589 g/mol. The molecule has 3 N–H and O–H groups in total. The van der Waals surface area contributed by atoms with Crippen LogP contribution in [0.5, 0.6) is 5.88 Å². The molecule has 0 saturated heterocycles. The van der Waals surface area contributed by atoms with Crippen molar-refractivity contribution in [3.63, 3.8) is 0 Å². The van der Waals surface area contributed by atoms with Gasteiger partial charge in [0.1, 0.15) is 5.56 Å². The Labute approximate surface area is 259 Å². The zero-order valence-corrected chi connectivity index (χ0v) is 25.6. The van der Waals surface area contributed by atoms with Crippen LogP contribution in [0.4, 0.5) is 5.69 Å². The average molecular weight is 623 g/mol. The van der Waals surface area contributed by atoms with Gasteiger partial charge in [0, 0.05) is 47.6 Å². The first kappa shape index (κ1) is 30.7. The number of amides is 1. The van der Waals surface area contributed by atoms with Crippen LogP contribution in [0.25, 0.3) is 22.4 Å². The quantitative estimate of drug-likeness (QED) is 0.220. The summed E-state index contributed by atoms with van der Waals surface area (Å²) in [5.41, 5.74) is 3.18. The number of aliphatic hydroxyl groups is 1. The fourth-order valence-corrected chi connectivity index (χ4v) is 6.05. The molecule has 224 valence electrons. The molecule has 1 aliphatic rings. The summed E-state index contributed by atoms with van der Waals surface area (Å²) >= 11 is 13.7. The van der Waals surface area contributed by atoms with E-state index in [9.17, 15) is 14.7 Å². The van der Waals surface area contributed by atoms with Crippen molar-refractivity contribution in [2.45, 2.75) is 50.8 Å². The number of nitrogens with zero attached hydrogens (tertiary/aromatic N) is 3. The molecule has 43 heavy (non-hydrogen) atoms. The van der Waals surface area contributed by atoms with Crippen LogP contribution >= 0.6 is 23.2 Å². The first-order valence-electron chi connectivity index (χ1n) is 14.1. The predicted octanol–water partition coefficient (Wildman–Crippen LogP) is 6.03. The Morgan fingerprint density at radius 2 is 1.72 bits per heavy atom. The number of aliphatic hydroxyl groups excluding tert-OH is 1. The second kappa shape index (κ2) is 13.3. The molecular formula is C32H33Cl2N5O4. The van der Waals surface area contributed by atoms with E-state index in [4.69, 9.17) is 32.9 Å². The van der Waals surface area contributed by atoms with Crippen molar-refractivity contribution in [2.24, 2.45) is 7.05 Å². The molecule has 0 radical (unpaired) electrons. The molecule has 5 rings (SSSR count). The summed E-state index contributed by atoms with van der Waals surface area (Å²) in [6.07, 6.45) is 4.89. The summed E-state index contributed by atoms with van der Waals surface area (Å²) in [4.78, 5) is 30.0. The zero-order valence-electron chi connectivity index (χ0n) is 24.1. The van der Waals surface area contributed by atoms with Crippen molar-refractivity contribution < 1.29 is 14.6 Å². The fraction of sp³-hybridized carbons (Fsp3) is 0.312. The van der Waals surface area contributed by atoms with Gasteiger partial charge in [0.15, 0.2) is 0 Å². The molecule has 2 aromatic carbocycles. The molecule has 1 unspecified atom stereocenters. The Morgan fingerprint density at radius 3 is 2.47 bits per heavy atom. The number of aromatic nitrogens is 3. The van der Waals surface area contributed by atoms with Gasteiger partial charge in [0.05, 0.1) is 34.6 Å². The van der Waals surface area contributed by atoms with Crippen LogP contribution in [-0.4, -0.2) is 45.0 Å². The van der Waals surface area contributed by atoms with Crippen LogP contribution in [0.15, 0.2) is 65.6 Å². The Morgan fingerprint density at radius 1 is 1.02 bits per heavy atom. The van der Waals surface area contributed by atoms with Crippen molar-refractivity contribution in [3.05, 3.63) is 92.3 Å². The number of carbonyl (C=O) groups is 1. The monoisotopic (exact) mass is 621 g/mol. The second-order valence-corrected chi connectivity index (χ2v) is 11.4. The molecule has 1 amide bonds. The van der Waals surface area contributed by atoms with Gasteiger partial charge in [0.25, 0.3) is 11.5 Å². The van der Waals surface area contributed by atoms with E-state index in [0.29, 0.717) is 39.0 Å². The van der Waals surface area contributed by atoms with Crippen molar-refractivity contribution in [1.82, 2.24) is 20.1 Å². The van der Waals surface area contributed by atoms with Crippen LogP contribution in [0.2, 0.25) is 10.0 Å². The van der Waals surface area contributed by atoms with E-state index in [-0.39, 0.29) is 28.8 Å². The minimum Gasteiger partial charge on any atom is -0.481 e. The largest absolute Gasteiger partial charge is 0.481 e. The fourth-order valence-electron chi connectivity index (χ4n) is 5.45. The molecule has 4 aromatic rings. The summed E-state index contributed by atoms with van der Waals surface area (Å²) in [7, 11) is 3.05. The molecule has 0 aliphatic heterocycles. The third-order valence-electron chi connectivity index (χ3n) is 7.80. The Kier molecular flexibility index (Phi) is 9.46. The number of halogens is 2. The van der Waals surface area contributed by atoms with E-state index in [1.54, 1.807) is 25.3 Å². The average Bonchev–Trinajstić information content (AvgIpc) is 3.00. The van der Waals surface area contributed by atoms with E-state index in [2.05, 4.69) is 15.7 Å². The van der Waals surface area contributed by atoms with Crippen molar-refractivity contribution in [1.29, 1.82) is 0 Å². The minimum atomic E-state index is -0.597. The highest BCUT2D eigenvalue weighted by molar-refractivity contribution is 6.39. The molecule has 1 saturated carbocycles. The van der Waals surface area contributed by atoms with Crippen LogP contribution in [-0.2, 0) is 7.05 Å². The van der Waals surface area contributed by atoms with Crippen molar-refractivity contribution >= 4 is 34.8 Å². The number of methoxy groups -OCH3 is 1. The molecule has 2 aromatic heterocycles. The maximum atomic E-state index is 12.9. The lowest BCUT2D eigenvalue weighted by Crippen LogP contribution is -2.43. The maximum Gasteiger partial charge on any atom is 0.279 e.